The minimum Gasteiger partial charge on any atom is -0.367 e. The Hall–Kier alpha value is -2.14. The highest BCUT2D eigenvalue weighted by Crippen LogP contribution is 2.21. The number of hydrogen-bond acceptors (Lipinski definition) is 8. The van der Waals surface area contributed by atoms with Crippen molar-refractivity contribution in [2.45, 2.75) is 6.42 Å². The Morgan fingerprint density at radius 2 is 1.10 bits per heavy atom. The lowest BCUT2D eigenvalue weighted by Gasteiger charge is -2.17. The molecular formula is C21H20N4O2S4. The molecule has 0 spiro atoms. The molecule has 2 aromatic carbocycles. The van der Waals surface area contributed by atoms with Crippen molar-refractivity contribution in [2.24, 2.45) is 0 Å². The molecule has 0 atom stereocenters. The number of amides is 2. The number of rotatable bonds is 8. The van der Waals surface area contributed by atoms with Crippen LogP contribution in [0, 0.1) is 0 Å². The number of anilines is 2. The van der Waals surface area contributed by atoms with E-state index in [1.54, 1.807) is 9.80 Å². The van der Waals surface area contributed by atoms with Crippen LogP contribution in [0.5, 0.6) is 0 Å². The maximum absolute atomic E-state index is 11.8. The molecular weight excluding hydrogens is 469 g/mol. The molecule has 2 aliphatic heterocycles. The predicted octanol–water partition coefficient (Wildman–Crippen LogP) is 3.74. The van der Waals surface area contributed by atoms with Crippen molar-refractivity contribution in [3.8, 4) is 0 Å². The topological polar surface area (TPSA) is 64.7 Å². The summed E-state index contributed by atoms with van der Waals surface area (Å²) < 4.78 is 1.25. The Bertz CT molecular complexity index is 898. The van der Waals surface area contributed by atoms with Crippen molar-refractivity contribution < 1.29 is 9.59 Å². The van der Waals surface area contributed by atoms with E-state index in [4.69, 9.17) is 24.4 Å². The fraction of sp³-hybridized carbons (Fsp3) is 0.238. The van der Waals surface area contributed by atoms with Gasteiger partial charge in [0.05, 0.1) is 24.8 Å². The van der Waals surface area contributed by atoms with Gasteiger partial charge < -0.3 is 10.6 Å². The number of thioether (sulfide) groups is 2. The molecule has 2 amide bonds. The average molecular weight is 489 g/mol. The molecule has 6 nitrogen and oxygen atoms in total. The van der Waals surface area contributed by atoms with Gasteiger partial charge in [-0.1, -0.05) is 72.2 Å². The fourth-order valence-corrected chi connectivity index (χ4v) is 5.26. The van der Waals surface area contributed by atoms with E-state index < -0.39 is 0 Å². The van der Waals surface area contributed by atoms with Gasteiger partial charge in [-0.05, 0) is 41.8 Å². The summed E-state index contributed by atoms with van der Waals surface area (Å²) in [6.07, 6.45) is 0.817. The minimum absolute atomic E-state index is 0.0469. The Balaban J connectivity index is 1.27. The number of benzene rings is 2. The molecule has 0 bridgehead atoms. The molecule has 2 aromatic rings. The first-order valence-electron chi connectivity index (χ1n) is 9.59. The zero-order valence-corrected chi connectivity index (χ0v) is 19.8. The molecule has 2 aliphatic rings. The number of hydrogen-bond donors (Lipinski definition) is 2. The minimum atomic E-state index is 0.0469. The highest BCUT2D eigenvalue weighted by molar-refractivity contribution is 8.24. The van der Waals surface area contributed by atoms with Gasteiger partial charge in [-0.15, -0.1) is 0 Å². The molecule has 2 N–H and O–H groups in total. The Morgan fingerprint density at radius 3 is 1.42 bits per heavy atom. The summed E-state index contributed by atoms with van der Waals surface area (Å²) in [4.78, 5) is 26.7. The zero-order chi connectivity index (χ0) is 21.8. The molecule has 4 rings (SSSR count). The van der Waals surface area contributed by atoms with E-state index in [0.717, 1.165) is 17.8 Å². The SMILES string of the molecule is O=C1CSC(=S)N1CNc1ccc(Cc2ccc(NCN3C(=O)CSC3=S)cc2)cc1. The molecule has 0 radical (unpaired) electrons. The van der Waals surface area contributed by atoms with Crippen LogP contribution in [0.2, 0.25) is 0 Å². The summed E-state index contributed by atoms with van der Waals surface area (Å²) >= 11 is 13.2. The van der Waals surface area contributed by atoms with E-state index in [1.165, 1.54) is 34.7 Å². The van der Waals surface area contributed by atoms with Crippen molar-refractivity contribution in [3.05, 3.63) is 59.7 Å². The second-order valence-corrected chi connectivity index (χ2v) is 10.2. The third-order valence-corrected chi connectivity index (χ3v) is 7.74. The van der Waals surface area contributed by atoms with Crippen LogP contribution < -0.4 is 10.6 Å². The number of nitrogens with zero attached hydrogens (tertiary/aromatic N) is 2. The van der Waals surface area contributed by atoms with Crippen LogP contribution in [-0.4, -0.2) is 55.1 Å². The molecule has 0 unspecified atom stereocenters. The molecule has 160 valence electrons. The first-order chi connectivity index (χ1) is 15.0. The maximum Gasteiger partial charge on any atom is 0.239 e. The van der Waals surface area contributed by atoms with E-state index in [1.807, 2.05) is 24.3 Å². The van der Waals surface area contributed by atoms with Crippen molar-refractivity contribution in [2.75, 3.05) is 35.5 Å². The average Bonchev–Trinajstić information content (AvgIpc) is 3.27. The van der Waals surface area contributed by atoms with E-state index >= 15 is 0 Å². The number of carbonyl (C=O) groups is 2. The number of nitrogens with one attached hydrogen (secondary N) is 2. The maximum atomic E-state index is 11.8. The second-order valence-electron chi connectivity index (χ2n) is 6.99. The highest BCUT2D eigenvalue weighted by atomic mass is 32.2. The molecule has 0 aliphatic carbocycles. The van der Waals surface area contributed by atoms with Gasteiger partial charge in [0.1, 0.15) is 8.64 Å². The van der Waals surface area contributed by atoms with Crippen LogP contribution in [0.1, 0.15) is 11.1 Å². The van der Waals surface area contributed by atoms with Crippen LogP contribution in [0.25, 0.3) is 0 Å². The van der Waals surface area contributed by atoms with E-state index in [2.05, 4.69) is 34.9 Å². The van der Waals surface area contributed by atoms with Crippen molar-refractivity contribution in [1.82, 2.24) is 9.80 Å². The van der Waals surface area contributed by atoms with Crippen molar-refractivity contribution in [1.29, 1.82) is 0 Å². The van der Waals surface area contributed by atoms with Crippen LogP contribution >= 0.6 is 48.0 Å². The van der Waals surface area contributed by atoms with E-state index in [9.17, 15) is 9.59 Å². The smallest absolute Gasteiger partial charge is 0.239 e. The Kier molecular flexibility index (Phi) is 7.11. The summed E-state index contributed by atoms with van der Waals surface area (Å²) in [7, 11) is 0. The van der Waals surface area contributed by atoms with Gasteiger partial charge in [-0.3, -0.25) is 19.4 Å². The second kappa shape index (κ2) is 9.99. The first-order valence-corrected chi connectivity index (χ1v) is 12.4. The summed E-state index contributed by atoms with van der Waals surface area (Å²) in [6, 6.07) is 16.3. The summed E-state index contributed by atoms with van der Waals surface area (Å²) in [5.41, 5.74) is 4.28. The van der Waals surface area contributed by atoms with Gasteiger partial charge in [0.15, 0.2) is 0 Å². The third kappa shape index (κ3) is 5.57. The Labute approximate surface area is 200 Å². The molecule has 10 heteroatoms. The third-order valence-electron chi connectivity index (χ3n) is 4.88. The lowest BCUT2D eigenvalue weighted by molar-refractivity contribution is -0.124. The van der Waals surface area contributed by atoms with Crippen LogP contribution in [0.3, 0.4) is 0 Å². The molecule has 2 heterocycles. The van der Waals surface area contributed by atoms with Gasteiger partial charge in [0, 0.05) is 11.4 Å². The van der Waals surface area contributed by atoms with E-state index in [-0.39, 0.29) is 11.8 Å². The fourth-order valence-electron chi connectivity index (χ4n) is 3.12. The van der Waals surface area contributed by atoms with Crippen molar-refractivity contribution in [3.63, 3.8) is 0 Å². The van der Waals surface area contributed by atoms with Crippen LogP contribution in [0.4, 0.5) is 11.4 Å². The normalized spacial score (nSPS) is 16.4. The lowest BCUT2D eigenvalue weighted by atomic mass is 10.0. The van der Waals surface area contributed by atoms with Crippen LogP contribution in [-0.2, 0) is 16.0 Å². The largest absolute Gasteiger partial charge is 0.367 e. The van der Waals surface area contributed by atoms with Crippen molar-refractivity contribution >= 4 is 79.8 Å². The molecule has 0 saturated carbocycles. The number of thiocarbonyl (C=S) groups is 2. The van der Waals surface area contributed by atoms with Gasteiger partial charge in [0.2, 0.25) is 11.8 Å². The van der Waals surface area contributed by atoms with E-state index in [0.29, 0.717) is 33.5 Å². The quantitative estimate of drug-likeness (QED) is 0.545. The number of carbonyl (C=O) groups excluding carboxylic acids is 2. The summed E-state index contributed by atoms with van der Waals surface area (Å²) in [5, 5.41) is 6.49. The predicted molar refractivity (Wildman–Crippen MR) is 136 cm³/mol. The van der Waals surface area contributed by atoms with Gasteiger partial charge in [0.25, 0.3) is 0 Å². The molecule has 2 fully saturated rings. The monoisotopic (exact) mass is 488 g/mol. The lowest BCUT2D eigenvalue weighted by Crippen LogP contribution is -2.33. The Morgan fingerprint density at radius 1 is 0.710 bits per heavy atom. The molecule has 0 aromatic heterocycles. The standard InChI is InChI=1S/C21H20N4O2S4/c26-18-10-30-20(28)24(18)12-22-16-5-1-14(2-6-16)9-15-3-7-17(8-4-15)23-13-25-19(27)11-31-21(25)29/h1-8,22-23H,9-13H2. The van der Waals surface area contributed by atoms with Gasteiger partial charge >= 0.3 is 0 Å². The van der Waals surface area contributed by atoms with Crippen LogP contribution in [0.15, 0.2) is 48.5 Å². The van der Waals surface area contributed by atoms with Gasteiger partial charge in [-0.25, -0.2) is 0 Å². The summed E-state index contributed by atoms with van der Waals surface area (Å²) in [5.74, 6) is 0.948. The molecule has 31 heavy (non-hydrogen) atoms. The summed E-state index contributed by atoms with van der Waals surface area (Å²) in [6.45, 7) is 0.788. The van der Waals surface area contributed by atoms with Gasteiger partial charge in [-0.2, -0.15) is 0 Å². The zero-order valence-electron chi connectivity index (χ0n) is 16.5. The molecule has 2 saturated heterocycles. The highest BCUT2D eigenvalue weighted by Gasteiger charge is 2.26. The first kappa shape index (κ1) is 22.1.